The molecule has 2 amide bonds. The maximum absolute atomic E-state index is 13.4. The van der Waals surface area contributed by atoms with E-state index in [1.807, 2.05) is 0 Å². The van der Waals surface area contributed by atoms with Gasteiger partial charge in [-0.05, 0) is 43.9 Å². The predicted octanol–water partition coefficient (Wildman–Crippen LogP) is -0.392. The maximum atomic E-state index is 13.4. The summed E-state index contributed by atoms with van der Waals surface area (Å²) >= 11 is 0. The highest BCUT2D eigenvalue weighted by atomic mass is 16.5. The van der Waals surface area contributed by atoms with Gasteiger partial charge >= 0.3 is 5.97 Å². The summed E-state index contributed by atoms with van der Waals surface area (Å²) in [6.07, 6.45) is -0.104. The Bertz CT molecular complexity index is 769. The predicted molar refractivity (Wildman–Crippen MR) is 111 cm³/mol. The number of nitrogens with zero attached hydrogens (tertiary/aromatic N) is 1. The number of methoxy groups -OCH3 is 1. The Morgan fingerprint density at radius 2 is 1.90 bits per heavy atom. The highest BCUT2D eigenvalue weighted by Gasteiger charge is 2.40. The van der Waals surface area contributed by atoms with Crippen LogP contribution in [0.5, 0.6) is 5.75 Å². The minimum Gasteiger partial charge on any atom is -0.508 e. The van der Waals surface area contributed by atoms with Crippen LogP contribution < -0.4 is 11.1 Å². The Morgan fingerprint density at radius 1 is 1.26 bits per heavy atom. The Labute approximate surface area is 181 Å². The molecule has 1 aromatic carbocycles. The topological polar surface area (TPSA) is 162 Å². The molecule has 0 spiro atoms. The van der Waals surface area contributed by atoms with Gasteiger partial charge < -0.3 is 36.0 Å². The SMILES string of the molecule is CO[C@H](Cc1ccc(O)cc1)[C@@H](NC(=O)[C@@H](N)[C@@H](C)O)C(=O)N1CCCC[C@H]1C(=O)O. The molecule has 1 aliphatic heterocycles. The molecule has 1 heterocycles. The molecule has 1 saturated heterocycles. The number of phenols is 1. The quantitative estimate of drug-likeness (QED) is 0.349. The van der Waals surface area contributed by atoms with E-state index in [1.165, 1.54) is 31.1 Å². The Hall–Kier alpha value is -2.69. The molecule has 5 atom stereocenters. The lowest BCUT2D eigenvalue weighted by Crippen LogP contribution is -2.62. The number of carboxylic acid groups (broad SMARTS) is 1. The first-order chi connectivity index (χ1) is 14.6. The number of phenolic OH excluding ortho intramolecular Hbond substituents is 1. The monoisotopic (exact) mass is 437 g/mol. The maximum Gasteiger partial charge on any atom is 0.326 e. The number of hydrogen-bond acceptors (Lipinski definition) is 7. The van der Waals surface area contributed by atoms with Gasteiger partial charge in [0, 0.05) is 20.1 Å². The van der Waals surface area contributed by atoms with Gasteiger partial charge in [0.15, 0.2) is 0 Å². The summed E-state index contributed by atoms with van der Waals surface area (Å²) in [6.45, 7) is 1.61. The van der Waals surface area contributed by atoms with Crippen LogP contribution in [0, 0.1) is 0 Å². The Kier molecular flexibility index (Phi) is 8.78. The van der Waals surface area contributed by atoms with Crippen LogP contribution in [-0.4, -0.2) is 82.0 Å². The molecular formula is C21H31N3O7. The van der Waals surface area contributed by atoms with Gasteiger partial charge in [-0.25, -0.2) is 4.79 Å². The van der Waals surface area contributed by atoms with Crippen LogP contribution in [0.3, 0.4) is 0 Å². The molecule has 10 heteroatoms. The van der Waals surface area contributed by atoms with Crippen molar-refractivity contribution in [2.24, 2.45) is 5.73 Å². The fourth-order valence-corrected chi connectivity index (χ4v) is 3.61. The number of ether oxygens (including phenoxy) is 1. The Balaban J connectivity index is 2.33. The molecule has 0 bridgehead atoms. The van der Waals surface area contributed by atoms with E-state index in [2.05, 4.69) is 5.32 Å². The van der Waals surface area contributed by atoms with Crippen molar-refractivity contribution in [1.82, 2.24) is 10.2 Å². The van der Waals surface area contributed by atoms with E-state index in [0.29, 0.717) is 19.3 Å². The molecule has 6 N–H and O–H groups in total. The summed E-state index contributed by atoms with van der Waals surface area (Å²) in [4.78, 5) is 38.9. The molecule has 0 unspecified atom stereocenters. The smallest absolute Gasteiger partial charge is 0.326 e. The molecule has 1 aromatic rings. The summed E-state index contributed by atoms with van der Waals surface area (Å²) < 4.78 is 5.52. The van der Waals surface area contributed by atoms with Crippen LogP contribution in [0.1, 0.15) is 31.7 Å². The minimum atomic E-state index is -1.27. The van der Waals surface area contributed by atoms with Crippen LogP contribution in [0.4, 0.5) is 0 Å². The van der Waals surface area contributed by atoms with Gasteiger partial charge in [0.1, 0.15) is 23.9 Å². The summed E-state index contributed by atoms with van der Waals surface area (Å²) in [6, 6.07) is 2.84. The molecule has 10 nitrogen and oxygen atoms in total. The van der Waals surface area contributed by atoms with E-state index in [1.54, 1.807) is 12.1 Å². The van der Waals surface area contributed by atoms with Crippen molar-refractivity contribution in [3.8, 4) is 5.75 Å². The van der Waals surface area contributed by atoms with Gasteiger partial charge in [0.25, 0.3) is 0 Å². The molecular weight excluding hydrogens is 406 g/mol. The number of nitrogens with two attached hydrogens (primary N) is 1. The number of piperidine rings is 1. The van der Waals surface area contributed by atoms with E-state index < -0.39 is 48.1 Å². The van der Waals surface area contributed by atoms with E-state index in [0.717, 1.165) is 5.56 Å². The number of carboxylic acids is 1. The second-order valence-corrected chi connectivity index (χ2v) is 7.78. The zero-order valence-electron chi connectivity index (χ0n) is 17.7. The first-order valence-corrected chi connectivity index (χ1v) is 10.2. The third-order valence-electron chi connectivity index (χ3n) is 5.50. The lowest BCUT2D eigenvalue weighted by Gasteiger charge is -2.37. The zero-order chi connectivity index (χ0) is 23.1. The van der Waals surface area contributed by atoms with Crippen LogP contribution >= 0.6 is 0 Å². The number of likely N-dealkylation sites (tertiary alicyclic amines) is 1. The van der Waals surface area contributed by atoms with E-state index in [4.69, 9.17) is 10.5 Å². The van der Waals surface area contributed by atoms with Gasteiger partial charge in [0.05, 0.1) is 12.2 Å². The second-order valence-electron chi connectivity index (χ2n) is 7.78. The summed E-state index contributed by atoms with van der Waals surface area (Å²) in [7, 11) is 1.39. The van der Waals surface area contributed by atoms with E-state index >= 15 is 0 Å². The van der Waals surface area contributed by atoms with Crippen molar-refractivity contribution in [2.45, 2.75) is 62.9 Å². The van der Waals surface area contributed by atoms with Crippen molar-refractivity contribution in [3.05, 3.63) is 29.8 Å². The number of carbonyl (C=O) groups excluding carboxylic acids is 2. The normalized spacial score (nSPS) is 20.4. The summed E-state index contributed by atoms with van der Waals surface area (Å²) in [5.41, 5.74) is 6.46. The Morgan fingerprint density at radius 3 is 2.45 bits per heavy atom. The number of amides is 2. The average Bonchev–Trinajstić information content (AvgIpc) is 2.76. The number of aromatic hydroxyl groups is 1. The number of rotatable bonds is 9. The van der Waals surface area contributed by atoms with Crippen molar-refractivity contribution in [2.75, 3.05) is 13.7 Å². The summed E-state index contributed by atoms with van der Waals surface area (Å²) in [5.74, 6) is -2.35. The molecule has 172 valence electrons. The molecule has 1 fully saturated rings. The van der Waals surface area contributed by atoms with Gasteiger partial charge in [-0.3, -0.25) is 9.59 Å². The zero-order valence-corrected chi connectivity index (χ0v) is 17.7. The fourth-order valence-electron chi connectivity index (χ4n) is 3.61. The molecule has 0 aliphatic carbocycles. The molecule has 0 saturated carbocycles. The van der Waals surface area contributed by atoms with Gasteiger partial charge in [-0.2, -0.15) is 0 Å². The van der Waals surface area contributed by atoms with E-state index in [-0.39, 0.29) is 18.7 Å². The molecule has 31 heavy (non-hydrogen) atoms. The van der Waals surface area contributed by atoms with E-state index in [9.17, 15) is 29.7 Å². The highest BCUT2D eigenvalue weighted by molar-refractivity contribution is 5.92. The molecule has 1 aliphatic rings. The number of aliphatic carboxylic acids is 1. The number of carbonyl (C=O) groups is 3. The largest absolute Gasteiger partial charge is 0.508 e. The fraction of sp³-hybridized carbons (Fsp3) is 0.571. The molecule has 0 aromatic heterocycles. The second kappa shape index (κ2) is 11.1. The average molecular weight is 437 g/mol. The lowest BCUT2D eigenvalue weighted by molar-refractivity contribution is -0.155. The summed E-state index contributed by atoms with van der Waals surface area (Å²) in [5, 5.41) is 31.2. The number of aliphatic hydroxyl groups excluding tert-OH is 1. The van der Waals surface area contributed by atoms with Crippen molar-refractivity contribution >= 4 is 17.8 Å². The van der Waals surface area contributed by atoms with Crippen molar-refractivity contribution < 1.29 is 34.4 Å². The number of benzene rings is 1. The van der Waals surface area contributed by atoms with Gasteiger partial charge in [-0.1, -0.05) is 12.1 Å². The molecule has 2 rings (SSSR count). The van der Waals surface area contributed by atoms with Crippen molar-refractivity contribution in [1.29, 1.82) is 0 Å². The standard InChI is InChI=1S/C21H31N3O7/c1-12(25)17(22)19(27)23-18(16(31-2)11-13-6-8-14(26)9-7-13)20(28)24-10-4-3-5-15(24)21(29)30/h6-9,12,15-18,25-26H,3-5,10-11,22H2,1-2H3,(H,23,27)(H,29,30)/t12-,15+,16-,17+,18-/m1/s1. The molecule has 0 radical (unpaired) electrons. The van der Waals surface area contributed by atoms with Crippen LogP contribution in [0.15, 0.2) is 24.3 Å². The number of nitrogens with one attached hydrogen (secondary N) is 1. The highest BCUT2D eigenvalue weighted by Crippen LogP contribution is 2.21. The third-order valence-corrected chi connectivity index (χ3v) is 5.50. The minimum absolute atomic E-state index is 0.0826. The lowest BCUT2D eigenvalue weighted by atomic mass is 9.96. The first kappa shape index (κ1) is 24.6. The van der Waals surface area contributed by atoms with Crippen LogP contribution in [0.2, 0.25) is 0 Å². The van der Waals surface area contributed by atoms with Gasteiger partial charge in [-0.15, -0.1) is 0 Å². The number of hydrogen-bond donors (Lipinski definition) is 5. The van der Waals surface area contributed by atoms with Crippen LogP contribution in [-0.2, 0) is 25.5 Å². The van der Waals surface area contributed by atoms with Crippen LogP contribution in [0.25, 0.3) is 0 Å². The van der Waals surface area contributed by atoms with Crippen molar-refractivity contribution in [3.63, 3.8) is 0 Å². The number of aliphatic hydroxyl groups is 1. The third kappa shape index (κ3) is 6.39. The van der Waals surface area contributed by atoms with Gasteiger partial charge in [0.2, 0.25) is 11.8 Å². The first-order valence-electron chi connectivity index (χ1n) is 10.2.